The largest absolute Gasteiger partial charge is 0.459 e. The molecular formula is C29H31N3O3S2. The summed E-state index contributed by atoms with van der Waals surface area (Å²) in [5.74, 6) is -0.809. The molecule has 1 aliphatic rings. The molecule has 0 saturated carbocycles. The maximum absolute atomic E-state index is 13.5. The molecule has 0 saturated heterocycles. The van der Waals surface area contributed by atoms with E-state index in [9.17, 15) is 9.59 Å². The predicted molar refractivity (Wildman–Crippen MR) is 153 cm³/mol. The van der Waals surface area contributed by atoms with Crippen LogP contribution in [0.15, 0.2) is 35.7 Å². The number of esters is 1. The molecule has 192 valence electrons. The topological polar surface area (TPSA) is 94.3 Å². The molecule has 0 spiro atoms. The van der Waals surface area contributed by atoms with Gasteiger partial charge in [0.05, 0.1) is 11.8 Å². The zero-order valence-corrected chi connectivity index (χ0v) is 23.0. The second kappa shape index (κ2) is 10.6. The summed E-state index contributed by atoms with van der Waals surface area (Å²) in [6.07, 6.45) is 6.41. The maximum atomic E-state index is 13.5. The smallest absolute Gasteiger partial charge is 0.342 e. The lowest BCUT2D eigenvalue weighted by Crippen LogP contribution is -2.16. The number of nitrogen functional groups attached to an aromatic ring is 1. The van der Waals surface area contributed by atoms with Crippen LogP contribution < -0.4 is 11.1 Å². The first-order valence-corrected chi connectivity index (χ1v) is 14.4. The average molecular weight is 534 g/mol. The lowest BCUT2D eigenvalue weighted by atomic mass is 9.96. The lowest BCUT2D eigenvalue weighted by Gasteiger charge is -2.12. The van der Waals surface area contributed by atoms with E-state index in [2.05, 4.69) is 11.4 Å². The highest BCUT2D eigenvalue weighted by Gasteiger charge is 2.26. The molecule has 3 aromatic heterocycles. The molecule has 4 aromatic rings. The summed E-state index contributed by atoms with van der Waals surface area (Å²) < 4.78 is 5.54. The maximum Gasteiger partial charge on any atom is 0.342 e. The Morgan fingerprint density at radius 2 is 1.81 bits per heavy atom. The van der Waals surface area contributed by atoms with Gasteiger partial charge in [0.2, 0.25) is 0 Å². The van der Waals surface area contributed by atoms with Crippen LogP contribution in [0.3, 0.4) is 0 Å². The fourth-order valence-corrected chi connectivity index (χ4v) is 6.66. The molecule has 8 heteroatoms. The zero-order chi connectivity index (χ0) is 26.1. The molecule has 37 heavy (non-hydrogen) atoms. The number of anilines is 2. The Bertz CT molecular complexity index is 1470. The first-order valence-electron chi connectivity index (χ1n) is 12.7. The Labute approximate surface area is 224 Å². The number of nitrogens with two attached hydrogens (primary N) is 1. The number of ether oxygens (including phenoxy) is 1. The molecule has 0 radical (unpaired) electrons. The summed E-state index contributed by atoms with van der Waals surface area (Å²) in [5.41, 5.74) is 12.4. The van der Waals surface area contributed by atoms with E-state index in [4.69, 9.17) is 15.5 Å². The highest BCUT2D eigenvalue weighted by atomic mass is 32.1. The fraction of sp³-hybridized carbons (Fsp3) is 0.345. The van der Waals surface area contributed by atoms with Gasteiger partial charge in [-0.25, -0.2) is 9.78 Å². The molecule has 0 fully saturated rings. The summed E-state index contributed by atoms with van der Waals surface area (Å²) in [6, 6.07) is 10.1. The Morgan fingerprint density at radius 1 is 1.08 bits per heavy atom. The minimum Gasteiger partial charge on any atom is -0.459 e. The van der Waals surface area contributed by atoms with Crippen LogP contribution in [0, 0.1) is 6.92 Å². The quantitative estimate of drug-likeness (QED) is 0.261. The van der Waals surface area contributed by atoms with E-state index in [1.165, 1.54) is 41.1 Å². The van der Waals surface area contributed by atoms with Gasteiger partial charge in [-0.15, -0.1) is 22.7 Å². The molecule has 5 rings (SSSR count). The number of carbonyl (C=O) groups excluding carboxylic acids is 2. The standard InChI is InChI=1S/C29H31N3O3S2/c1-16(2)35-29(34)23-21(18-12-10-17(3)11-13-18)15-36-28(23)32-26(33)25-24(30)20-14-19-8-6-4-5-7-9-22(19)31-27(20)37-25/h10-16H,4-9,30H2,1-3H3,(H,32,33). The number of hydrogen-bond donors (Lipinski definition) is 2. The first kappa shape index (κ1) is 25.4. The molecule has 1 amide bonds. The van der Waals surface area contributed by atoms with Gasteiger partial charge in [-0.3, -0.25) is 4.79 Å². The lowest BCUT2D eigenvalue weighted by molar-refractivity contribution is 0.0380. The second-order valence-electron chi connectivity index (χ2n) is 9.83. The Morgan fingerprint density at radius 3 is 2.54 bits per heavy atom. The number of aryl methyl sites for hydroxylation is 3. The number of aromatic nitrogens is 1. The molecule has 3 heterocycles. The van der Waals surface area contributed by atoms with Crippen molar-refractivity contribution >= 4 is 55.5 Å². The van der Waals surface area contributed by atoms with Crippen LogP contribution in [0.2, 0.25) is 0 Å². The van der Waals surface area contributed by atoms with Crippen molar-refractivity contribution < 1.29 is 14.3 Å². The zero-order valence-electron chi connectivity index (χ0n) is 21.3. The highest BCUT2D eigenvalue weighted by Crippen LogP contribution is 2.39. The van der Waals surface area contributed by atoms with E-state index < -0.39 is 5.97 Å². The highest BCUT2D eigenvalue weighted by molar-refractivity contribution is 7.21. The van der Waals surface area contributed by atoms with Crippen molar-refractivity contribution in [3.63, 3.8) is 0 Å². The number of benzene rings is 1. The summed E-state index contributed by atoms with van der Waals surface area (Å²) in [6.45, 7) is 5.63. The molecule has 0 atom stereocenters. The molecular weight excluding hydrogens is 502 g/mol. The first-order chi connectivity index (χ1) is 17.8. The van der Waals surface area contributed by atoms with Gasteiger partial charge in [-0.2, -0.15) is 0 Å². The van der Waals surface area contributed by atoms with Gasteiger partial charge < -0.3 is 15.8 Å². The van der Waals surface area contributed by atoms with E-state index in [1.54, 1.807) is 0 Å². The van der Waals surface area contributed by atoms with Gasteiger partial charge in [0.25, 0.3) is 5.91 Å². The SMILES string of the molecule is Cc1ccc(-c2csc(NC(=O)c3sc4nc5c(cc4c3N)CCCCCC5)c2C(=O)OC(C)C)cc1. The molecule has 1 aliphatic carbocycles. The normalized spacial score (nSPS) is 13.7. The molecule has 0 bridgehead atoms. The van der Waals surface area contributed by atoms with Crippen molar-refractivity contribution in [1.29, 1.82) is 0 Å². The van der Waals surface area contributed by atoms with E-state index in [1.807, 2.05) is 50.4 Å². The third-order valence-electron chi connectivity index (χ3n) is 6.63. The summed E-state index contributed by atoms with van der Waals surface area (Å²) in [7, 11) is 0. The molecule has 0 aliphatic heterocycles. The Kier molecular flexibility index (Phi) is 7.31. The van der Waals surface area contributed by atoms with Crippen LogP contribution >= 0.6 is 22.7 Å². The van der Waals surface area contributed by atoms with Gasteiger partial charge in [-0.1, -0.05) is 42.7 Å². The number of carbonyl (C=O) groups is 2. The summed E-state index contributed by atoms with van der Waals surface area (Å²) >= 11 is 2.61. The number of nitrogens with one attached hydrogen (secondary N) is 1. The Hall–Kier alpha value is -3.23. The third-order valence-corrected chi connectivity index (χ3v) is 8.64. The van der Waals surface area contributed by atoms with Gasteiger partial charge in [-0.05, 0) is 63.6 Å². The third kappa shape index (κ3) is 5.26. The van der Waals surface area contributed by atoms with E-state index in [0.717, 1.165) is 58.3 Å². The van der Waals surface area contributed by atoms with Crippen LogP contribution in [0.25, 0.3) is 21.3 Å². The van der Waals surface area contributed by atoms with Crippen LogP contribution in [-0.4, -0.2) is 23.0 Å². The number of hydrogen-bond acceptors (Lipinski definition) is 7. The number of pyridine rings is 1. The summed E-state index contributed by atoms with van der Waals surface area (Å²) in [4.78, 5) is 32.7. The fourth-order valence-electron chi connectivity index (χ4n) is 4.71. The van der Waals surface area contributed by atoms with Crippen molar-refractivity contribution in [3.05, 3.63) is 63.0 Å². The van der Waals surface area contributed by atoms with Crippen molar-refractivity contribution in [3.8, 4) is 11.1 Å². The van der Waals surface area contributed by atoms with Crippen LogP contribution in [-0.2, 0) is 17.6 Å². The average Bonchev–Trinajstić information content (AvgIpc) is 3.40. The second-order valence-corrected chi connectivity index (χ2v) is 11.7. The van der Waals surface area contributed by atoms with Crippen molar-refractivity contribution in [2.75, 3.05) is 11.1 Å². The van der Waals surface area contributed by atoms with Gasteiger partial charge in [0, 0.05) is 22.0 Å². The number of amides is 1. The van der Waals surface area contributed by atoms with Crippen molar-refractivity contribution in [2.24, 2.45) is 0 Å². The molecule has 6 nitrogen and oxygen atoms in total. The van der Waals surface area contributed by atoms with Gasteiger partial charge in [0.1, 0.15) is 20.3 Å². The monoisotopic (exact) mass is 533 g/mol. The molecule has 1 aromatic carbocycles. The van der Waals surface area contributed by atoms with Gasteiger partial charge >= 0.3 is 5.97 Å². The minimum atomic E-state index is -0.465. The van der Waals surface area contributed by atoms with E-state index in [0.29, 0.717) is 21.1 Å². The number of fused-ring (bicyclic) bond motifs is 2. The Balaban J connectivity index is 1.50. The van der Waals surface area contributed by atoms with Gasteiger partial charge in [0.15, 0.2) is 0 Å². The van der Waals surface area contributed by atoms with E-state index in [-0.39, 0.29) is 12.0 Å². The number of nitrogens with zero attached hydrogens (tertiary/aromatic N) is 1. The van der Waals surface area contributed by atoms with Crippen LogP contribution in [0.5, 0.6) is 0 Å². The van der Waals surface area contributed by atoms with E-state index >= 15 is 0 Å². The van der Waals surface area contributed by atoms with Crippen LogP contribution in [0.1, 0.15) is 76.4 Å². The number of thiophene rings is 2. The minimum absolute atomic E-state index is 0.287. The van der Waals surface area contributed by atoms with Crippen LogP contribution in [0.4, 0.5) is 10.7 Å². The predicted octanol–water partition coefficient (Wildman–Crippen LogP) is 7.39. The van der Waals surface area contributed by atoms with Crippen molar-refractivity contribution in [1.82, 2.24) is 4.98 Å². The molecule has 3 N–H and O–H groups in total. The number of rotatable bonds is 5. The van der Waals surface area contributed by atoms with Crippen molar-refractivity contribution in [2.45, 2.75) is 65.4 Å². The summed E-state index contributed by atoms with van der Waals surface area (Å²) in [5, 5.41) is 6.12. The molecule has 0 unspecified atom stereocenters.